The SMILES string of the molecule is CCN1CCN(S(=O)(=O)c2cn(C)c(C)n2)C[C@@H]1c1ncc[nH]1. The minimum Gasteiger partial charge on any atom is -0.347 e. The topological polar surface area (TPSA) is 87.1 Å². The third-order valence-corrected chi connectivity index (χ3v) is 6.12. The monoisotopic (exact) mass is 338 g/mol. The quantitative estimate of drug-likeness (QED) is 0.878. The maximum atomic E-state index is 12.9. The summed E-state index contributed by atoms with van der Waals surface area (Å²) >= 11 is 0. The lowest BCUT2D eigenvalue weighted by atomic mass is 10.2. The van der Waals surface area contributed by atoms with E-state index in [4.69, 9.17) is 0 Å². The van der Waals surface area contributed by atoms with Gasteiger partial charge in [0.2, 0.25) is 0 Å². The molecule has 3 heterocycles. The Morgan fingerprint density at radius 3 is 2.74 bits per heavy atom. The Morgan fingerprint density at radius 1 is 1.39 bits per heavy atom. The second-order valence-electron chi connectivity index (χ2n) is 5.72. The molecule has 1 aliphatic rings. The van der Waals surface area contributed by atoms with Gasteiger partial charge < -0.3 is 9.55 Å². The fourth-order valence-corrected chi connectivity index (χ4v) is 4.36. The smallest absolute Gasteiger partial charge is 0.262 e. The number of nitrogens with zero attached hydrogens (tertiary/aromatic N) is 5. The van der Waals surface area contributed by atoms with Gasteiger partial charge in [0.05, 0.1) is 6.04 Å². The van der Waals surface area contributed by atoms with E-state index in [2.05, 4.69) is 26.8 Å². The normalized spacial score (nSPS) is 20.9. The van der Waals surface area contributed by atoms with Crippen LogP contribution in [0.3, 0.4) is 0 Å². The van der Waals surface area contributed by atoms with E-state index in [-0.39, 0.29) is 11.1 Å². The molecule has 0 aliphatic carbocycles. The first-order valence-electron chi connectivity index (χ1n) is 7.67. The molecule has 3 rings (SSSR count). The number of hydrogen-bond acceptors (Lipinski definition) is 5. The second kappa shape index (κ2) is 6.06. The van der Waals surface area contributed by atoms with Crippen molar-refractivity contribution in [2.45, 2.75) is 24.9 Å². The van der Waals surface area contributed by atoms with Crippen LogP contribution in [0, 0.1) is 6.92 Å². The summed E-state index contributed by atoms with van der Waals surface area (Å²) in [5.41, 5.74) is 0. The molecule has 0 unspecified atom stereocenters. The first-order valence-corrected chi connectivity index (χ1v) is 9.11. The number of sulfonamides is 1. The number of likely N-dealkylation sites (N-methyl/N-ethyl adjacent to an activating group) is 1. The van der Waals surface area contributed by atoms with Gasteiger partial charge in [-0.15, -0.1) is 0 Å². The van der Waals surface area contributed by atoms with E-state index < -0.39 is 10.0 Å². The molecule has 2 aromatic rings. The molecular weight excluding hydrogens is 316 g/mol. The van der Waals surface area contributed by atoms with Gasteiger partial charge in [-0.3, -0.25) is 4.90 Å². The average Bonchev–Trinajstić information content (AvgIpc) is 3.17. The maximum absolute atomic E-state index is 12.9. The summed E-state index contributed by atoms with van der Waals surface area (Å²) in [6.45, 7) is 6.22. The highest BCUT2D eigenvalue weighted by molar-refractivity contribution is 7.89. The van der Waals surface area contributed by atoms with Crippen molar-refractivity contribution in [3.63, 3.8) is 0 Å². The molecular formula is C14H22N6O2S. The van der Waals surface area contributed by atoms with Crippen molar-refractivity contribution in [1.82, 2.24) is 28.7 Å². The zero-order valence-electron chi connectivity index (χ0n) is 13.6. The van der Waals surface area contributed by atoms with Crippen molar-refractivity contribution in [1.29, 1.82) is 0 Å². The zero-order valence-corrected chi connectivity index (χ0v) is 14.4. The molecule has 0 aromatic carbocycles. The highest BCUT2D eigenvalue weighted by Gasteiger charge is 2.36. The number of rotatable bonds is 4. The fraction of sp³-hybridized carbons (Fsp3) is 0.571. The molecule has 0 amide bonds. The van der Waals surface area contributed by atoms with Crippen molar-refractivity contribution < 1.29 is 8.42 Å². The zero-order chi connectivity index (χ0) is 16.6. The molecule has 0 saturated carbocycles. The van der Waals surface area contributed by atoms with E-state index in [1.165, 1.54) is 4.31 Å². The summed E-state index contributed by atoms with van der Waals surface area (Å²) in [6.07, 6.45) is 5.02. The number of hydrogen-bond donors (Lipinski definition) is 1. The Labute approximate surface area is 136 Å². The molecule has 8 nitrogen and oxygen atoms in total. The molecule has 1 saturated heterocycles. The van der Waals surface area contributed by atoms with Gasteiger partial charge in [-0.1, -0.05) is 6.92 Å². The van der Waals surface area contributed by atoms with Gasteiger partial charge in [-0.05, 0) is 13.5 Å². The summed E-state index contributed by atoms with van der Waals surface area (Å²) in [6, 6.07) is -0.0664. The first kappa shape index (κ1) is 16.2. The number of piperazine rings is 1. The van der Waals surface area contributed by atoms with Crippen LogP contribution in [-0.2, 0) is 17.1 Å². The summed E-state index contributed by atoms with van der Waals surface area (Å²) in [5, 5.41) is 0.112. The van der Waals surface area contributed by atoms with E-state index >= 15 is 0 Å². The molecule has 1 aliphatic heterocycles. The molecule has 0 bridgehead atoms. The van der Waals surface area contributed by atoms with Gasteiger partial charge in [0, 0.05) is 45.3 Å². The van der Waals surface area contributed by atoms with Crippen LogP contribution < -0.4 is 0 Å². The van der Waals surface area contributed by atoms with Gasteiger partial charge in [-0.2, -0.15) is 4.31 Å². The molecule has 23 heavy (non-hydrogen) atoms. The fourth-order valence-electron chi connectivity index (χ4n) is 2.89. The number of aromatic nitrogens is 4. The number of nitrogens with one attached hydrogen (secondary N) is 1. The Morgan fingerprint density at radius 2 is 2.17 bits per heavy atom. The van der Waals surface area contributed by atoms with Crippen molar-refractivity contribution in [3.8, 4) is 0 Å². The van der Waals surface area contributed by atoms with Crippen molar-refractivity contribution in [2.24, 2.45) is 7.05 Å². The number of H-pyrrole nitrogens is 1. The highest BCUT2D eigenvalue weighted by Crippen LogP contribution is 2.26. The van der Waals surface area contributed by atoms with Gasteiger partial charge in [0.15, 0.2) is 5.03 Å². The van der Waals surface area contributed by atoms with Crippen molar-refractivity contribution in [2.75, 3.05) is 26.2 Å². The molecule has 0 spiro atoms. The lowest BCUT2D eigenvalue weighted by molar-refractivity contribution is 0.119. The second-order valence-corrected chi connectivity index (χ2v) is 7.60. The summed E-state index contributed by atoms with van der Waals surface area (Å²) in [4.78, 5) is 13.8. The molecule has 1 N–H and O–H groups in total. The van der Waals surface area contributed by atoms with Crippen molar-refractivity contribution in [3.05, 3.63) is 30.2 Å². The third-order valence-electron chi connectivity index (χ3n) is 4.39. The third kappa shape index (κ3) is 2.91. The van der Waals surface area contributed by atoms with Crippen LogP contribution in [-0.4, -0.2) is 63.3 Å². The van der Waals surface area contributed by atoms with Crippen LogP contribution in [0.1, 0.15) is 24.6 Å². The number of aryl methyl sites for hydroxylation is 2. The molecule has 126 valence electrons. The molecule has 9 heteroatoms. The largest absolute Gasteiger partial charge is 0.347 e. The number of aromatic amines is 1. The van der Waals surface area contributed by atoms with Gasteiger partial charge in [-0.25, -0.2) is 18.4 Å². The summed E-state index contributed by atoms with van der Waals surface area (Å²) < 4.78 is 29.0. The Hall–Kier alpha value is -1.71. The number of imidazole rings is 2. The van der Waals surface area contributed by atoms with Crippen LogP contribution in [0.2, 0.25) is 0 Å². The van der Waals surface area contributed by atoms with Crippen LogP contribution in [0.5, 0.6) is 0 Å². The van der Waals surface area contributed by atoms with E-state index in [1.54, 1.807) is 37.1 Å². The average molecular weight is 338 g/mol. The predicted octanol–water partition coefficient (Wildman–Crippen LogP) is 0.519. The maximum Gasteiger partial charge on any atom is 0.262 e. The van der Waals surface area contributed by atoms with Crippen LogP contribution in [0.4, 0.5) is 0 Å². The first-order chi connectivity index (χ1) is 10.9. The van der Waals surface area contributed by atoms with Gasteiger partial charge in [0.1, 0.15) is 11.6 Å². The van der Waals surface area contributed by atoms with Crippen molar-refractivity contribution >= 4 is 10.0 Å². The Kier molecular flexibility index (Phi) is 4.26. The van der Waals surface area contributed by atoms with E-state index in [0.29, 0.717) is 25.5 Å². The lowest BCUT2D eigenvalue weighted by Crippen LogP contribution is -2.50. The lowest BCUT2D eigenvalue weighted by Gasteiger charge is -2.38. The van der Waals surface area contributed by atoms with E-state index in [0.717, 1.165) is 12.4 Å². The minimum atomic E-state index is -3.59. The minimum absolute atomic E-state index is 0.0664. The van der Waals surface area contributed by atoms with Crippen LogP contribution in [0.15, 0.2) is 23.6 Å². The summed E-state index contributed by atoms with van der Waals surface area (Å²) in [5.74, 6) is 1.47. The highest BCUT2D eigenvalue weighted by atomic mass is 32.2. The van der Waals surface area contributed by atoms with Gasteiger partial charge >= 0.3 is 0 Å². The van der Waals surface area contributed by atoms with E-state index in [1.807, 2.05) is 0 Å². The molecule has 2 aromatic heterocycles. The molecule has 1 fully saturated rings. The Balaban J connectivity index is 1.88. The van der Waals surface area contributed by atoms with Crippen LogP contribution >= 0.6 is 0 Å². The van der Waals surface area contributed by atoms with E-state index in [9.17, 15) is 8.42 Å². The van der Waals surface area contributed by atoms with Crippen LogP contribution in [0.25, 0.3) is 0 Å². The summed E-state index contributed by atoms with van der Waals surface area (Å²) in [7, 11) is -1.79. The predicted molar refractivity (Wildman–Crippen MR) is 85.3 cm³/mol. The molecule has 0 radical (unpaired) electrons. The Bertz CT molecular complexity index is 748. The molecule has 1 atom stereocenters. The van der Waals surface area contributed by atoms with Gasteiger partial charge in [0.25, 0.3) is 10.0 Å². The standard InChI is InChI=1S/C14H22N6O2S/c1-4-19-7-8-20(9-12(19)14-15-5-6-16-14)23(21,22)13-10-18(3)11(2)17-13/h5-6,10,12H,4,7-9H2,1-3H3,(H,15,16)/t12-/m1/s1.